The van der Waals surface area contributed by atoms with E-state index in [0.29, 0.717) is 0 Å². The third-order valence-corrected chi connectivity index (χ3v) is 2.21. The van der Waals surface area contributed by atoms with Crippen LogP contribution < -0.4 is 5.48 Å². The van der Waals surface area contributed by atoms with Crippen molar-refractivity contribution in [2.45, 2.75) is 45.8 Å². The fourth-order valence-electron chi connectivity index (χ4n) is 1.34. The minimum atomic E-state index is -0.204. The lowest BCUT2D eigenvalue weighted by Crippen LogP contribution is -2.31. The van der Waals surface area contributed by atoms with E-state index >= 15 is 0 Å². The van der Waals surface area contributed by atoms with Gasteiger partial charge in [-0.15, -0.1) is 0 Å². The monoisotopic (exact) mass is 223 g/mol. The maximum Gasteiger partial charge on any atom is 0.115 e. The predicted octanol–water partition coefficient (Wildman–Crippen LogP) is 3.16. The second-order valence-corrected chi connectivity index (χ2v) is 4.88. The first-order valence-corrected chi connectivity index (χ1v) is 5.65. The number of phenolic OH excluding ortho intramolecular Hbond substituents is 1. The molecule has 0 aromatic heterocycles. The number of aromatic hydroxyl groups is 1. The molecule has 0 aliphatic carbocycles. The summed E-state index contributed by atoms with van der Waals surface area (Å²) in [6.45, 7) is 8.10. The van der Waals surface area contributed by atoms with E-state index in [9.17, 15) is 5.11 Å². The first kappa shape index (κ1) is 13.0. The van der Waals surface area contributed by atoms with Gasteiger partial charge in [0.2, 0.25) is 0 Å². The van der Waals surface area contributed by atoms with Gasteiger partial charge in [0.1, 0.15) is 5.75 Å². The molecule has 1 unspecified atom stereocenters. The average molecular weight is 223 g/mol. The quantitative estimate of drug-likeness (QED) is 0.770. The van der Waals surface area contributed by atoms with Crippen LogP contribution >= 0.6 is 0 Å². The Hall–Kier alpha value is -1.06. The number of nitrogens with one attached hydrogen (secondary N) is 1. The molecule has 3 heteroatoms. The molecule has 1 aromatic rings. The van der Waals surface area contributed by atoms with E-state index in [2.05, 4.69) is 12.4 Å². The van der Waals surface area contributed by atoms with Crippen LogP contribution in [0.15, 0.2) is 24.3 Å². The fraction of sp³-hybridized carbons (Fsp3) is 0.538. The third kappa shape index (κ3) is 4.21. The van der Waals surface area contributed by atoms with Crippen molar-refractivity contribution in [1.82, 2.24) is 5.48 Å². The molecule has 0 aliphatic rings. The second-order valence-electron chi connectivity index (χ2n) is 4.88. The zero-order valence-electron chi connectivity index (χ0n) is 10.4. The van der Waals surface area contributed by atoms with Crippen molar-refractivity contribution in [3.8, 4) is 5.75 Å². The smallest absolute Gasteiger partial charge is 0.115 e. The van der Waals surface area contributed by atoms with Crippen LogP contribution in [0.2, 0.25) is 0 Å². The molecule has 90 valence electrons. The molecule has 0 radical (unpaired) electrons. The molecule has 16 heavy (non-hydrogen) atoms. The van der Waals surface area contributed by atoms with Crippen LogP contribution in [0.3, 0.4) is 0 Å². The Bertz CT molecular complexity index is 314. The molecule has 0 amide bonds. The van der Waals surface area contributed by atoms with Crippen LogP contribution in [0.4, 0.5) is 0 Å². The zero-order chi connectivity index (χ0) is 12.2. The number of rotatable bonds is 4. The minimum absolute atomic E-state index is 0.153. The molecule has 3 nitrogen and oxygen atoms in total. The lowest BCUT2D eigenvalue weighted by Gasteiger charge is -2.24. The van der Waals surface area contributed by atoms with Gasteiger partial charge in [-0.2, -0.15) is 5.48 Å². The summed E-state index contributed by atoms with van der Waals surface area (Å²) in [7, 11) is 0. The van der Waals surface area contributed by atoms with Crippen molar-refractivity contribution < 1.29 is 9.94 Å². The lowest BCUT2D eigenvalue weighted by atomic mass is 10.1. The van der Waals surface area contributed by atoms with Crippen LogP contribution in [0.5, 0.6) is 5.75 Å². The van der Waals surface area contributed by atoms with Crippen molar-refractivity contribution in [3.05, 3.63) is 29.8 Å². The molecular weight excluding hydrogens is 202 g/mol. The van der Waals surface area contributed by atoms with Gasteiger partial charge in [0, 0.05) is 0 Å². The van der Waals surface area contributed by atoms with Crippen molar-refractivity contribution >= 4 is 0 Å². The summed E-state index contributed by atoms with van der Waals surface area (Å²) >= 11 is 0. The molecule has 0 heterocycles. The highest BCUT2D eigenvalue weighted by molar-refractivity contribution is 5.27. The molecule has 2 N–H and O–H groups in total. The molecule has 0 fully saturated rings. The van der Waals surface area contributed by atoms with Gasteiger partial charge in [0.25, 0.3) is 0 Å². The van der Waals surface area contributed by atoms with Gasteiger partial charge in [0.05, 0.1) is 11.6 Å². The van der Waals surface area contributed by atoms with Crippen LogP contribution in [0.1, 0.15) is 45.7 Å². The highest BCUT2D eigenvalue weighted by Gasteiger charge is 2.15. The molecule has 1 aromatic carbocycles. The first-order valence-electron chi connectivity index (χ1n) is 5.65. The van der Waals surface area contributed by atoms with Gasteiger partial charge in [-0.3, -0.25) is 4.84 Å². The largest absolute Gasteiger partial charge is 0.508 e. The predicted molar refractivity (Wildman–Crippen MR) is 65.1 cm³/mol. The van der Waals surface area contributed by atoms with Gasteiger partial charge in [-0.1, -0.05) is 19.1 Å². The van der Waals surface area contributed by atoms with Crippen molar-refractivity contribution in [2.75, 3.05) is 0 Å². The summed E-state index contributed by atoms with van der Waals surface area (Å²) in [5.74, 6) is 0.287. The Morgan fingerprint density at radius 3 is 2.25 bits per heavy atom. The average Bonchev–Trinajstić information content (AvgIpc) is 2.20. The summed E-state index contributed by atoms with van der Waals surface area (Å²) < 4.78 is 0. The standard InChI is InChI=1S/C13H21NO2/c1-5-12(14-16-13(2,3)4)10-6-8-11(15)9-7-10/h6-9,12,14-15H,5H2,1-4H3. The SMILES string of the molecule is CCC(NOC(C)(C)C)c1ccc(O)cc1. The maximum atomic E-state index is 9.22. The number of benzene rings is 1. The molecule has 0 aliphatic heterocycles. The Balaban J connectivity index is 2.64. The summed E-state index contributed by atoms with van der Waals surface area (Å²) in [4.78, 5) is 5.55. The second kappa shape index (κ2) is 5.32. The number of phenols is 1. The molecule has 0 bridgehead atoms. The maximum absolute atomic E-state index is 9.22. The van der Waals surface area contributed by atoms with E-state index in [4.69, 9.17) is 4.84 Å². The molecule has 0 saturated heterocycles. The van der Waals surface area contributed by atoms with Crippen molar-refractivity contribution in [3.63, 3.8) is 0 Å². The normalized spacial score (nSPS) is 13.8. The Kier molecular flexibility index (Phi) is 4.33. The van der Waals surface area contributed by atoms with Gasteiger partial charge in [-0.05, 0) is 44.9 Å². The van der Waals surface area contributed by atoms with Crippen LogP contribution in [-0.4, -0.2) is 10.7 Å². The zero-order valence-corrected chi connectivity index (χ0v) is 10.4. The highest BCUT2D eigenvalue weighted by Crippen LogP contribution is 2.20. The van der Waals surface area contributed by atoms with E-state index in [1.54, 1.807) is 12.1 Å². The van der Waals surface area contributed by atoms with E-state index in [1.807, 2.05) is 32.9 Å². The first-order chi connectivity index (χ1) is 7.42. The highest BCUT2D eigenvalue weighted by atomic mass is 16.7. The number of hydroxylamine groups is 1. The van der Waals surface area contributed by atoms with E-state index < -0.39 is 0 Å². The molecule has 1 atom stereocenters. The number of hydrogen-bond donors (Lipinski definition) is 2. The lowest BCUT2D eigenvalue weighted by molar-refractivity contribution is -0.0896. The van der Waals surface area contributed by atoms with Crippen LogP contribution in [0, 0.1) is 0 Å². The van der Waals surface area contributed by atoms with Crippen LogP contribution in [-0.2, 0) is 4.84 Å². The molecule has 0 saturated carbocycles. The number of hydrogen-bond acceptors (Lipinski definition) is 3. The third-order valence-electron chi connectivity index (χ3n) is 2.21. The topological polar surface area (TPSA) is 41.5 Å². The minimum Gasteiger partial charge on any atom is -0.508 e. The summed E-state index contributed by atoms with van der Waals surface area (Å²) in [5, 5.41) is 9.22. The Labute approximate surface area is 97.4 Å². The Morgan fingerprint density at radius 1 is 1.25 bits per heavy atom. The van der Waals surface area contributed by atoms with E-state index in [-0.39, 0.29) is 17.4 Å². The van der Waals surface area contributed by atoms with Crippen molar-refractivity contribution in [2.24, 2.45) is 0 Å². The Morgan fingerprint density at radius 2 is 1.81 bits per heavy atom. The molecule has 1 rings (SSSR count). The summed E-state index contributed by atoms with van der Waals surface area (Å²) in [6, 6.07) is 7.35. The van der Waals surface area contributed by atoms with E-state index in [1.165, 1.54) is 0 Å². The van der Waals surface area contributed by atoms with Gasteiger partial charge < -0.3 is 5.11 Å². The summed E-state index contributed by atoms with van der Waals surface area (Å²) in [5.41, 5.74) is 3.97. The molecular formula is C13H21NO2. The van der Waals surface area contributed by atoms with Crippen molar-refractivity contribution in [1.29, 1.82) is 0 Å². The molecule has 0 spiro atoms. The van der Waals surface area contributed by atoms with E-state index in [0.717, 1.165) is 12.0 Å². The fourth-order valence-corrected chi connectivity index (χ4v) is 1.34. The van der Waals surface area contributed by atoms with Gasteiger partial charge in [0.15, 0.2) is 0 Å². The van der Waals surface area contributed by atoms with Crippen LogP contribution in [0.25, 0.3) is 0 Å². The van der Waals surface area contributed by atoms with Gasteiger partial charge >= 0.3 is 0 Å². The summed E-state index contributed by atoms with van der Waals surface area (Å²) in [6.07, 6.45) is 0.931. The van der Waals surface area contributed by atoms with Gasteiger partial charge in [-0.25, -0.2) is 0 Å².